The van der Waals surface area contributed by atoms with Crippen molar-refractivity contribution in [3.8, 4) is 0 Å². The first-order valence-electron chi connectivity index (χ1n) is 2.94. The first-order valence-corrected chi connectivity index (χ1v) is 4.20. The van der Waals surface area contributed by atoms with Gasteiger partial charge in [0.15, 0.2) is 6.71 Å². The summed E-state index contributed by atoms with van der Waals surface area (Å²) in [5.74, 6) is 0. The van der Waals surface area contributed by atoms with Crippen LogP contribution in [0, 0.1) is 0 Å². The lowest BCUT2D eigenvalue weighted by molar-refractivity contribution is 1.95. The highest BCUT2D eigenvalue weighted by molar-refractivity contribution is 7.16. The van der Waals surface area contributed by atoms with E-state index in [1.807, 2.05) is 5.38 Å². The van der Waals surface area contributed by atoms with Crippen molar-refractivity contribution in [1.82, 2.24) is 0 Å². The van der Waals surface area contributed by atoms with E-state index in [-0.39, 0.29) is 0 Å². The highest BCUT2D eigenvalue weighted by atomic mass is 35.5. The summed E-state index contributed by atoms with van der Waals surface area (Å²) in [6.45, 7) is 4.85. The van der Waals surface area contributed by atoms with Crippen LogP contribution in [-0.2, 0) is 0 Å². The fourth-order valence-electron chi connectivity index (χ4n) is 0.720. The van der Waals surface area contributed by atoms with E-state index in [4.69, 9.17) is 11.6 Å². The van der Waals surface area contributed by atoms with Gasteiger partial charge >= 0.3 is 0 Å². The third-order valence-corrected chi connectivity index (χ3v) is 2.47. The van der Waals surface area contributed by atoms with Gasteiger partial charge in [-0.05, 0) is 5.38 Å². The molecule has 1 aromatic rings. The Morgan fingerprint density at radius 3 is 2.44 bits per heavy atom. The second-order valence-electron chi connectivity index (χ2n) is 2.30. The smallest absolute Gasteiger partial charge is 0.133 e. The van der Waals surface area contributed by atoms with Gasteiger partial charge in [-0.25, -0.2) is 0 Å². The predicted molar refractivity (Wildman–Crippen MR) is 46.4 cm³/mol. The molecule has 0 fully saturated rings. The van der Waals surface area contributed by atoms with Gasteiger partial charge in [0, 0.05) is 0 Å². The summed E-state index contributed by atoms with van der Waals surface area (Å²) in [7, 11) is 0. The molecule has 0 aliphatic heterocycles. The van der Waals surface area contributed by atoms with Crippen molar-refractivity contribution < 1.29 is 0 Å². The van der Waals surface area contributed by atoms with E-state index in [1.165, 1.54) is 5.46 Å². The van der Waals surface area contributed by atoms with Crippen LogP contribution in [0.15, 0.2) is 11.4 Å². The van der Waals surface area contributed by atoms with E-state index in [2.05, 4.69) is 19.7 Å². The van der Waals surface area contributed by atoms with E-state index in [1.54, 1.807) is 11.3 Å². The lowest BCUT2D eigenvalue weighted by Gasteiger charge is -1.95. The standard InChI is InChI=1S/C6H8BClS/c1-7(2)5-3-4-9-6(5)8/h3-4H,1-2H3. The van der Waals surface area contributed by atoms with Crippen molar-refractivity contribution in [2.24, 2.45) is 0 Å². The molecule has 0 bridgehead atoms. The third-order valence-electron chi connectivity index (χ3n) is 1.27. The maximum atomic E-state index is 5.85. The topological polar surface area (TPSA) is 0 Å². The van der Waals surface area contributed by atoms with Crippen LogP contribution >= 0.6 is 22.9 Å². The van der Waals surface area contributed by atoms with Crippen LogP contribution in [0.2, 0.25) is 18.0 Å². The highest BCUT2D eigenvalue weighted by Crippen LogP contribution is 2.13. The van der Waals surface area contributed by atoms with Crippen molar-refractivity contribution in [2.45, 2.75) is 13.6 Å². The molecule has 1 aromatic heterocycles. The molecular weight excluding hydrogens is 150 g/mol. The normalized spacial score (nSPS) is 9.67. The zero-order chi connectivity index (χ0) is 6.85. The molecule has 0 amide bonds. The fourth-order valence-corrected chi connectivity index (χ4v) is 1.93. The highest BCUT2D eigenvalue weighted by Gasteiger charge is 2.07. The Balaban J connectivity index is 2.94. The number of halogens is 1. The Hall–Kier alpha value is 0.0549. The molecule has 0 saturated heterocycles. The fraction of sp³-hybridized carbons (Fsp3) is 0.333. The molecular formula is C6H8BClS. The van der Waals surface area contributed by atoms with Gasteiger partial charge in [-0.2, -0.15) is 0 Å². The van der Waals surface area contributed by atoms with Crippen molar-refractivity contribution >= 4 is 35.1 Å². The monoisotopic (exact) mass is 158 g/mol. The molecule has 1 heterocycles. The minimum Gasteiger partial charge on any atom is -0.133 e. The van der Waals surface area contributed by atoms with Gasteiger partial charge in [0.25, 0.3) is 0 Å². The average molecular weight is 158 g/mol. The van der Waals surface area contributed by atoms with Gasteiger partial charge in [-0.3, -0.25) is 0 Å². The first kappa shape index (κ1) is 7.17. The van der Waals surface area contributed by atoms with Gasteiger partial charge in [-0.1, -0.05) is 36.8 Å². The molecule has 0 aliphatic carbocycles. The van der Waals surface area contributed by atoms with E-state index in [0.717, 1.165) is 4.34 Å². The van der Waals surface area contributed by atoms with Gasteiger partial charge in [-0.15, -0.1) is 11.3 Å². The molecule has 0 aliphatic rings. The SMILES string of the molecule is CB(C)c1ccsc1Cl. The number of rotatable bonds is 1. The molecule has 0 radical (unpaired) electrons. The van der Waals surface area contributed by atoms with Crippen molar-refractivity contribution in [3.05, 3.63) is 15.8 Å². The predicted octanol–water partition coefficient (Wildman–Crippen LogP) is 2.36. The Bertz CT molecular complexity index is 195. The number of thiophene rings is 1. The summed E-state index contributed by atoms with van der Waals surface area (Å²) in [5.41, 5.74) is 1.27. The zero-order valence-electron chi connectivity index (χ0n) is 5.52. The van der Waals surface area contributed by atoms with Crippen molar-refractivity contribution in [3.63, 3.8) is 0 Å². The van der Waals surface area contributed by atoms with Crippen LogP contribution in [0.3, 0.4) is 0 Å². The van der Waals surface area contributed by atoms with Crippen LogP contribution in [0.5, 0.6) is 0 Å². The minimum absolute atomic E-state index is 0.559. The summed E-state index contributed by atoms with van der Waals surface area (Å²) >= 11 is 7.45. The van der Waals surface area contributed by atoms with Gasteiger partial charge in [0.2, 0.25) is 0 Å². The molecule has 48 valence electrons. The van der Waals surface area contributed by atoms with Crippen LogP contribution in [-0.4, -0.2) is 6.71 Å². The van der Waals surface area contributed by atoms with E-state index < -0.39 is 0 Å². The maximum Gasteiger partial charge on any atom is 0.172 e. The minimum atomic E-state index is 0.559. The molecule has 1 rings (SSSR count). The summed E-state index contributed by atoms with van der Waals surface area (Å²) < 4.78 is 0.935. The quantitative estimate of drug-likeness (QED) is 0.551. The van der Waals surface area contributed by atoms with Crippen LogP contribution in [0.1, 0.15) is 0 Å². The Labute approximate surface area is 64.9 Å². The lowest BCUT2D eigenvalue weighted by Crippen LogP contribution is -2.20. The Morgan fingerprint density at radius 2 is 2.22 bits per heavy atom. The lowest BCUT2D eigenvalue weighted by atomic mass is 9.50. The molecule has 0 saturated carbocycles. The second-order valence-corrected chi connectivity index (χ2v) is 3.82. The summed E-state index contributed by atoms with van der Waals surface area (Å²) in [4.78, 5) is 0. The van der Waals surface area contributed by atoms with Crippen LogP contribution < -0.4 is 5.46 Å². The van der Waals surface area contributed by atoms with E-state index in [0.29, 0.717) is 6.71 Å². The zero-order valence-corrected chi connectivity index (χ0v) is 7.09. The molecule has 9 heavy (non-hydrogen) atoms. The van der Waals surface area contributed by atoms with E-state index >= 15 is 0 Å². The first-order chi connectivity index (χ1) is 4.22. The summed E-state index contributed by atoms with van der Waals surface area (Å²) in [5, 5.41) is 2.03. The molecule has 0 nitrogen and oxygen atoms in total. The van der Waals surface area contributed by atoms with Gasteiger partial charge < -0.3 is 0 Å². The maximum absolute atomic E-state index is 5.85. The molecule has 3 heteroatoms. The third kappa shape index (κ3) is 1.49. The van der Waals surface area contributed by atoms with Gasteiger partial charge in [0.05, 0.1) is 4.34 Å². The Kier molecular flexibility index (Phi) is 2.20. The number of hydrogen-bond donors (Lipinski definition) is 0. The van der Waals surface area contributed by atoms with Crippen LogP contribution in [0.25, 0.3) is 0 Å². The summed E-state index contributed by atoms with van der Waals surface area (Å²) in [6, 6.07) is 2.08. The van der Waals surface area contributed by atoms with E-state index in [9.17, 15) is 0 Å². The number of hydrogen-bond acceptors (Lipinski definition) is 1. The molecule has 0 N–H and O–H groups in total. The van der Waals surface area contributed by atoms with Crippen LogP contribution in [0.4, 0.5) is 0 Å². The molecule has 0 atom stereocenters. The molecule has 0 spiro atoms. The van der Waals surface area contributed by atoms with Crippen molar-refractivity contribution in [2.75, 3.05) is 0 Å². The Morgan fingerprint density at radius 1 is 1.56 bits per heavy atom. The summed E-state index contributed by atoms with van der Waals surface area (Å²) in [6.07, 6.45) is 0. The second kappa shape index (κ2) is 2.76. The average Bonchev–Trinajstić information content (AvgIpc) is 2.13. The molecule has 0 aromatic carbocycles. The largest absolute Gasteiger partial charge is 0.172 e. The molecule has 0 unspecified atom stereocenters. The van der Waals surface area contributed by atoms with Gasteiger partial charge in [0.1, 0.15) is 0 Å². The van der Waals surface area contributed by atoms with Crippen molar-refractivity contribution in [1.29, 1.82) is 0 Å².